The number of amides is 1. The Hall–Kier alpha value is -3.06. The van der Waals surface area contributed by atoms with Crippen LogP contribution in [-0.4, -0.2) is 39.5 Å². The van der Waals surface area contributed by atoms with Gasteiger partial charge in [0, 0.05) is 24.7 Å². The van der Waals surface area contributed by atoms with E-state index in [1.165, 1.54) is 0 Å². The highest BCUT2D eigenvalue weighted by molar-refractivity contribution is 5.90. The third-order valence-corrected chi connectivity index (χ3v) is 3.57. The Balaban J connectivity index is 1.47. The first-order valence-electron chi connectivity index (χ1n) is 7.97. The van der Waals surface area contributed by atoms with E-state index in [-0.39, 0.29) is 5.91 Å². The van der Waals surface area contributed by atoms with Gasteiger partial charge in [-0.2, -0.15) is 4.98 Å². The molecule has 0 saturated heterocycles. The average Bonchev–Trinajstić information content (AvgIpc) is 3.10. The minimum Gasteiger partial charge on any atom is -0.334 e. The maximum Gasteiger partial charge on any atom is 0.257 e. The van der Waals surface area contributed by atoms with Gasteiger partial charge in [-0.1, -0.05) is 23.4 Å². The third-order valence-electron chi connectivity index (χ3n) is 3.57. The third kappa shape index (κ3) is 4.95. The Morgan fingerprint density at radius 1 is 1.20 bits per heavy atom. The van der Waals surface area contributed by atoms with Gasteiger partial charge in [-0.05, 0) is 31.3 Å². The minimum atomic E-state index is -0.0575. The van der Waals surface area contributed by atoms with Gasteiger partial charge in [-0.15, -0.1) is 0 Å². The summed E-state index contributed by atoms with van der Waals surface area (Å²) in [6.07, 6.45) is 3.65. The summed E-state index contributed by atoms with van der Waals surface area (Å²) in [5.74, 6) is 1.03. The summed E-state index contributed by atoms with van der Waals surface area (Å²) in [4.78, 5) is 22.3. The van der Waals surface area contributed by atoms with Crippen LogP contribution in [-0.2, 0) is 11.3 Å². The quantitative estimate of drug-likeness (QED) is 0.713. The number of rotatable bonds is 7. The zero-order chi connectivity index (χ0) is 17.5. The molecule has 1 amide bonds. The van der Waals surface area contributed by atoms with Crippen LogP contribution in [0.5, 0.6) is 0 Å². The van der Waals surface area contributed by atoms with Crippen LogP contribution in [0.4, 0.5) is 5.69 Å². The highest BCUT2D eigenvalue weighted by atomic mass is 16.5. The van der Waals surface area contributed by atoms with Crippen molar-refractivity contribution in [3.8, 4) is 11.5 Å². The maximum absolute atomic E-state index is 11.9. The molecule has 3 aromatic rings. The first-order chi connectivity index (χ1) is 12.2. The first kappa shape index (κ1) is 16.8. The highest BCUT2D eigenvalue weighted by Crippen LogP contribution is 2.16. The smallest absolute Gasteiger partial charge is 0.257 e. The molecule has 7 heteroatoms. The van der Waals surface area contributed by atoms with Crippen LogP contribution in [0.2, 0.25) is 0 Å². The zero-order valence-electron chi connectivity index (χ0n) is 13.9. The van der Waals surface area contributed by atoms with E-state index in [9.17, 15) is 4.79 Å². The molecular formula is C18H19N5O2. The molecule has 2 aromatic heterocycles. The van der Waals surface area contributed by atoms with Crippen LogP contribution in [0.3, 0.4) is 0 Å². The molecule has 2 heterocycles. The van der Waals surface area contributed by atoms with Gasteiger partial charge in [0.05, 0.1) is 18.4 Å². The first-order valence-corrected chi connectivity index (χ1v) is 7.97. The number of hydrogen-bond donors (Lipinski definition) is 1. The standard InChI is InChI=1S/C18H19N5O2/c1-23(11-9-17(24)20-15-8-5-10-19-12-15)13-16-21-18(25-22-16)14-6-3-2-4-7-14/h2-8,10,12H,9,11,13H2,1H3,(H,20,24). The van der Waals surface area contributed by atoms with Crippen molar-refractivity contribution in [2.45, 2.75) is 13.0 Å². The van der Waals surface area contributed by atoms with Crippen molar-refractivity contribution in [2.75, 3.05) is 18.9 Å². The van der Waals surface area contributed by atoms with Crippen molar-refractivity contribution in [2.24, 2.45) is 0 Å². The van der Waals surface area contributed by atoms with E-state index >= 15 is 0 Å². The summed E-state index contributed by atoms with van der Waals surface area (Å²) < 4.78 is 5.28. The normalized spacial score (nSPS) is 10.8. The molecule has 1 N–H and O–H groups in total. The molecule has 25 heavy (non-hydrogen) atoms. The molecule has 7 nitrogen and oxygen atoms in total. The Morgan fingerprint density at radius 2 is 2.04 bits per heavy atom. The Kier molecular flexibility index (Phi) is 5.48. The monoisotopic (exact) mass is 337 g/mol. The second kappa shape index (κ2) is 8.16. The lowest BCUT2D eigenvalue weighted by molar-refractivity contribution is -0.116. The number of nitrogens with zero attached hydrogens (tertiary/aromatic N) is 4. The summed E-state index contributed by atoms with van der Waals surface area (Å²) in [6.45, 7) is 1.10. The molecule has 1 aromatic carbocycles. The van der Waals surface area contributed by atoms with Crippen LogP contribution in [0, 0.1) is 0 Å². The van der Waals surface area contributed by atoms with Crippen LogP contribution < -0.4 is 5.32 Å². The van der Waals surface area contributed by atoms with E-state index in [1.807, 2.05) is 42.3 Å². The van der Waals surface area contributed by atoms with Crippen molar-refractivity contribution >= 4 is 11.6 Å². The number of carbonyl (C=O) groups excluding carboxylic acids is 1. The van der Waals surface area contributed by atoms with Crippen LogP contribution >= 0.6 is 0 Å². The van der Waals surface area contributed by atoms with Crippen molar-refractivity contribution in [3.05, 3.63) is 60.7 Å². The predicted octanol–water partition coefficient (Wildman–Crippen LogP) is 2.59. The van der Waals surface area contributed by atoms with Gasteiger partial charge in [0.15, 0.2) is 5.82 Å². The van der Waals surface area contributed by atoms with Crippen molar-refractivity contribution < 1.29 is 9.32 Å². The maximum atomic E-state index is 11.9. The lowest BCUT2D eigenvalue weighted by atomic mass is 10.2. The second-order valence-electron chi connectivity index (χ2n) is 5.66. The van der Waals surface area contributed by atoms with Gasteiger partial charge >= 0.3 is 0 Å². The molecule has 0 unspecified atom stereocenters. The lowest BCUT2D eigenvalue weighted by Crippen LogP contribution is -2.24. The summed E-state index contributed by atoms with van der Waals surface area (Å²) in [5, 5.41) is 6.80. The van der Waals surface area contributed by atoms with Crippen molar-refractivity contribution in [3.63, 3.8) is 0 Å². The largest absolute Gasteiger partial charge is 0.334 e. The lowest BCUT2D eigenvalue weighted by Gasteiger charge is -2.13. The van der Waals surface area contributed by atoms with E-state index in [2.05, 4.69) is 20.4 Å². The van der Waals surface area contributed by atoms with E-state index in [0.717, 1.165) is 5.56 Å². The summed E-state index contributed by atoms with van der Waals surface area (Å²) in [5.41, 5.74) is 1.58. The van der Waals surface area contributed by atoms with Gasteiger partial charge in [0.25, 0.3) is 5.89 Å². The van der Waals surface area contributed by atoms with Gasteiger partial charge in [0.2, 0.25) is 5.91 Å². The molecule has 128 valence electrons. The second-order valence-corrected chi connectivity index (χ2v) is 5.66. The summed E-state index contributed by atoms with van der Waals surface area (Å²) in [7, 11) is 1.91. The van der Waals surface area contributed by atoms with Crippen LogP contribution in [0.1, 0.15) is 12.2 Å². The van der Waals surface area contributed by atoms with Gasteiger partial charge in [0.1, 0.15) is 0 Å². The van der Waals surface area contributed by atoms with Gasteiger partial charge in [-0.25, -0.2) is 0 Å². The Bertz CT molecular complexity index is 805. The molecule has 0 fully saturated rings. The van der Waals surface area contributed by atoms with E-state index in [0.29, 0.717) is 36.9 Å². The molecule has 0 bridgehead atoms. The number of anilines is 1. The van der Waals surface area contributed by atoms with Crippen molar-refractivity contribution in [1.82, 2.24) is 20.0 Å². The fraction of sp³-hybridized carbons (Fsp3) is 0.222. The number of hydrogen-bond acceptors (Lipinski definition) is 6. The molecule has 0 aliphatic rings. The molecule has 0 aliphatic carbocycles. The predicted molar refractivity (Wildman–Crippen MR) is 93.6 cm³/mol. The number of carbonyl (C=O) groups is 1. The van der Waals surface area contributed by atoms with Gasteiger partial charge in [-0.3, -0.25) is 14.7 Å². The minimum absolute atomic E-state index is 0.0575. The van der Waals surface area contributed by atoms with E-state index < -0.39 is 0 Å². The molecule has 0 aliphatic heterocycles. The topological polar surface area (TPSA) is 84.2 Å². The molecule has 3 rings (SSSR count). The number of nitrogens with one attached hydrogen (secondary N) is 1. The molecule has 0 atom stereocenters. The number of benzene rings is 1. The SMILES string of the molecule is CN(CCC(=O)Nc1cccnc1)Cc1noc(-c2ccccc2)n1. The number of pyridine rings is 1. The fourth-order valence-corrected chi connectivity index (χ4v) is 2.29. The van der Waals surface area contributed by atoms with E-state index in [1.54, 1.807) is 24.5 Å². The molecule has 0 radical (unpaired) electrons. The van der Waals surface area contributed by atoms with Crippen molar-refractivity contribution in [1.29, 1.82) is 0 Å². The van der Waals surface area contributed by atoms with Gasteiger partial charge < -0.3 is 9.84 Å². The summed E-state index contributed by atoms with van der Waals surface area (Å²) >= 11 is 0. The van der Waals surface area contributed by atoms with E-state index in [4.69, 9.17) is 4.52 Å². The Morgan fingerprint density at radius 3 is 2.80 bits per heavy atom. The summed E-state index contributed by atoms with van der Waals surface area (Å²) in [6, 6.07) is 13.2. The average molecular weight is 337 g/mol. The molecule has 0 saturated carbocycles. The van der Waals surface area contributed by atoms with Crippen LogP contribution in [0.15, 0.2) is 59.4 Å². The van der Waals surface area contributed by atoms with Crippen LogP contribution in [0.25, 0.3) is 11.5 Å². The molecular weight excluding hydrogens is 318 g/mol. The highest BCUT2D eigenvalue weighted by Gasteiger charge is 2.11. The Labute approximate surface area is 145 Å². The molecule has 0 spiro atoms. The zero-order valence-corrected chi connectivity index (χ0v) is 13.9. The fourth-order valence-electron chi connectivity index (χ4n) is 2.29. The number of aromatic nitrogens is 3.